The molecule has 0 bridgehead atoms. The molecule has 0 aliphatic carbocycles. The van der Waals surface area contributed by atoms with Crippen LogP contribution in [0, 0.1) is 0 Å². The van der Waals surface area contributed by atoms with Crippen molar-refractivity contribution in [3.8, 4) is 11.1 Å². The summed E-state index contributed by atoms with van der Waals surface area (Å²) in [4.78, 5) is 32.7. The smallest absolute Gasteiger partial charge is 0.305 e. The third-order valence-corrected chi connectivity index (χ3v) is 7.26. The first kappa shape index (κ1) is 27.2. The number of aromatic nitrogens is 4. The minimum Gasteiger partial charge on any atom is -0.469 e. The highest BCUT2D eigenvalue weighted by Gasteiger charge is 2.21. The quantitative estimate of drug-likeness (QED) is 0.207. The number of anilines is 2. The largest absolute Gasteiger partial charge is 0.469 e. The number of nitrogens with one attached hydrogen (secondary N) is 1. The van der Waals surface area contributed by atoms with Crippen LogP contribution < -0.4 is 10.2 Å². The minimum absolute atomic E-state index is 0.169. The zero-order valence-electron chi connectivity index (χ0n) is 22.8. The summed E-state index contributed by atoms with van der Waals surface area (Å²) in [6.45, 7) is 3.56. The van der Waals surface area contributed by atoms with E-state index in [9.17, 15) is 9.59 Å². The number of amides is 1. The lowest BCUT2D eigenvalue weighted by Gasteiger charge is -2.36. The molecule has 3 aromatic heterocycles. The third kappa shape index (κ3) is 6.59. The number of benzene rings is 1. The molecule has 11 heteroatoms. The van der Waals surface area contributed by atoms with Gasteiger partial charge in [0.05, 0.1) is 19.9 Å². The van der Waals surface area contributed by atoms with Crippen LogP contribution in [-0.2, 0) is 20.9 Å². The molecule has 1 aliphatic rings. The molecule has 11 nitrogen and oxygen atoms in total. The van der Waals surface area contributed by atoms with Gasteiger partial charge in [-0.25, -0.2) is 4.98 Å². The number of methoxy groups -OCH3 is 1. The van der Waals surface area contributed by atoms with Crippen LogP contribution in [0.15, 0.2) is 59.6 Å². The lowest BCUT2D eigenvalue weighted by Crippen LogP contribution is -2.48. The number of unbranched alkanes of at least 4 members (excludes halogenated alkanes) is 3. The third-order valence-electron chi connectivity index (χ3n) is 7.26. The fourth-order valence-corrected chi connectivity index (χ4v) is 4.96. The first-order chi connectivity index (χ1) is 19.6. The Morgan fingerprint density at radius 3 is 2.50 bits per heavy atom. The van der Waals surface area contributed by atoms with Crippen LogP contribution in [0.1, 0.15) is 44.3 Å². The van der Waals surface area contributed by atoms with Crippen molar-refractivity contribution in [3.05, 3.63) is 60.9 Å². The number of rotatable bonds is 12. The number of hydrogen-bond acceptors (Lipinski definition) is 9. The van der Waals surface area contributed by atoms with Crippen LogP contribution in [0.25, 0.3) is 16.8 Å². The summed E-state index contributed by atoms with van der Waals surface area (Å²) in [5, 5.41) is 11.7. The summed E-state index contributed by atoms with van der Waals surface area (Å²) in [6.07, 6.45) is 9.69. The zero-order chi connectivity index (χ0) is 27.7. The molecular formula is C29H35N7O4. The van der Waals surface area contributed by atoms with Gasteiger partial charge in [0.15, 0.2) is 5.65 Å². The summed E-state index contributed by atoms with van der Waals surface area (Å²) in [6, 6.07) is 12.1. The van der Waals surface area contributed by atoms with Crippen molar-refractivity contribution < 1.29 is 18.7 Å². The molecule has 1 aliphatic heterocycles. The number of ether oxygens (including phenoxy) is 1. The minimum atomic E-state index is -0.169. The van der Waals surface area contributed by atoms with Gasteiger partial charge in [-0.05, 0) is 42.7 Å². The SMILES string of the molecule is COC(=O)CCCCCCC(=O)N1CCN(c2ccc(-c3cnc(NCc4ccco4)n4cnnc34)cc2)CC1. The van der Waals surface area contributed by atoms with E-state index in [0.717, 1.165) is 80.1 Å². The molecule has 1 aromatic carbocycles. The van der Waals surface area contributed by atoms with E-state index in [4.69, 9.17) is 4.42 Å². The van der Waals surface area contributed by atoms with Gasteiger partial charge in [-0.3, -0.25) is 14.0 Å². The monoisotopic (exact) mass is 545 g/mol. The summed E-state index contributed by atoms with van der Waals surface area (Å²) in [5.41, 5.74) is 3.75. The molecule has 4 heterocycles. The number of hydrogen-bond donors (Lipinski definition) is 1. The van der Waals surface area contributed by atoms with Gasteiger partial charge in [0.2, 0.25) is 11.9 Å². The van der Waals surface area contributed by atoms with E-state index < -0.39 is 0 Å². The Morgan fingerprint density at radius 1 is 1.00 bits per heavy atom. The van der Waals surface area contributed by atoms with E-state index in [1.165, 1.54) is 7.11 Å². The molecule has 4 aromatic rings. The Hall–Kier alpha value is -4.41. The summed E-state index contributed by atoms with van der Waals surface area (Å²) >= 11 is 0. The second-order valence-corrected chi connectivity index (χ2v) is 9.86. The number of fused-ring (bicyclic) bond motifs is 1. The summed E-state index contributed by atoms with van der Waals surface area (Å²) < 4.78 is 11.9. The van der Waals surface area contributed by atoms with Crippen molar-refractivity contribution in [2.75, 3.05) is 43.5 Å². The van der Waals surface area contributed by atoms with E-state index in [1.807, 2.05) is 27.6 Å². The molecule has 1 saturated heterocycles. The number of carbonyl (C=O) groups excluding carboxylic acids is 2. The Bertz CT molecular complexity index is 1390. The average Bonchev–Trinajstić information content (AvgIpc) is 3.71. The van der Waals surface area contributed by atoms with Crippen LogP contribution in [-0.4, -0.2) is 69.6 Å². The van der Waals surface area contributed by atoms with Crippen LogP contribution in [0.3, 0.4) is 0 Å². The number of piperazine rings is 1. The van der Waals surface area contributed by atoms with Crippen molar-refractivity contribution in [3.63, 3.8) is 0 Å². The molecule has 0 spiro atoms. The van der Waals surface area contributed by atoms with E-state index >= 15 is 0 Å². The summed E-state index contributed by atoms with van der Waals surface area (Å²) in [5.74, 6) is 1.51. The highest BCUT2D eigenvalue weighted by molar-refractivity contribution is 5.79. The van der Waals surface area contributed by atoms with E-state index in [1.54, 1.807) is 12.6 Å². The predicted molar refractivity (Wildman–Crippen MR) is 151 cm³/mol. The van der Waals surface area contributed by atoms with Gasteiger partial charge in [-0.15, -0.1) is 10.2 Å². The maximum atomic E-state index is 12.6. The Labute approximate surface area is 233 Å². The lowest BCUT2D eigenvalue weighted by molar-refractivity contribution is -0.140. The second-order valence-electron chi connectivity index (χ2n) is 9.86. The molecule has 1 N–H and O–H groups in total. The van der Waals surface area contributed by atoms with Crippen molar-refractivity contribution >= 4 is 29.2 Å². The molecule has 0 radical (unpaired) electrons. The zero-order valence-corrected chi connectivity index (χ0v) is 22.8. The number of furan rings is 1. The van der Waals surface area contributed by atoms with Gasteiger partial charge in [-0.1, -0.05) is 25.0 Å². The lowest BCUT2D eigenvalue weighted by atomic mass is 10.1. The highest BCUT2D eigenvalue weighted by Crippen LogP contribution is 2.27. The molecule has 0 saturated carbocycles. The van der Waals surface area contributed by atoms with Crippen LogP contribution in [0.4, 0.5) is 11.6 Å². The fourth-order valence-electron chi connectivity index (χ4n) is 4.96. The Balaban J connectivity index is 1.11. The van der Waals surface area contributed by atoms with Gasteiger partial charge < -0.3 is 24.3 Å². The van der Waals surface area contributed by atoms with Gasteiger partial charge in [0.25, 0.3) is 0 Å². The van der Waals surface area contributed by atoms with Gasteiger partial charge in [0, 0.05) is 56.5 Å². The molecule has 210 valence electrons. The summed E-state index contributed by atoms with van der Waals surface area (Å²) in [7, 11) is 1.41. The second kappa shape index (κ2) is 13.1. The van der Waals surface area contributed by atoms with Gasteiger partial charge in [0.1, 0.15) is 12.1 Å². The fraction of sp³-hybridized carbons (Fsp3) is 0.414. The average molecular weight is 546 g/mol. The van der Waals surface area contributed by atoms with E-state index in [0.29, 0.717) is 25.3 Å². The number of carbonyl (C=O) groups is 2. The van der Waals surface area contributed by atoms with Crippen LogP contribution in [0.2, 0.25) is 0 Å². The first-order valence-electron chi connectivity index (χ1n) is 13.8. The topological polar surface area (TPSA) is 118 Å². The van der Waals surface area contributed by atoms with Crippen LogP contribution in [0.5, 0.6) is 0 Å². The van der Waals surface area contributed by atoms with Crippen molar-refractivity contribution in [2.24, 2.45) is 0 Å². The molecule has 0 atom stereocenters. The van der Waals surface area contributed by atoms with Crippen LogP contribution >= 0.6 is 0 Å². The highest BCUT2D eigenvalue weighted by atomic mass is 16.5. The maximum absolute atomic E-state index is 12.6. The Kier molecular flexibility index (Phi) is 8.89. The van der Waals surface area contributed by atoms with Crippen molar-refractivity contribution in [1.29, 1.82) is 0 Å². The van der Waals surface area contributed by atoms with Crippen molar-refractivity contribution in [2.45, 2.75) is 45.1 Å². The van der Waals surface area contributed by atoms with Crippen molar-refractivity contribution in [1.82, 2.24) is 24.5 Å². The molecule has 40 heavy (non-hydrogen) atoms. The molecular weight excluding hydrogens is 510 g/mol. The maximum Gasteiger partial charge on any atom is 0.305 e. The number of esters is 1. The predicted octanol–water partition coefficient (Wildman–Crippen LogP) is 4.16. The molecule has 1 fully saturated rings. The normalized spacial score (nSPS) is 13.5. The molecule has 1 amide bonds. The Morgan fingerprint density at radius 2 is 1.77 bits per heavy atom. The van der Waals surface area contributed by atoms with E-state index in [2.05, 4.69) is 54.4 Å². The van der Waals surface area contributed by atoms with Gasteiger partial charge in [-0.2, -0.15) is 0 Å². The van der Waals surface area contributed by atoms with E-state index in [-0.39, 0.29) is 11.9 Å². The standard InChI is InChI=1S/C29H35N7O4/c1-39-27(38)9-5-3-2-4-8-26(37)35-16-14-34(15-17-35)23-12-10-22(11-13-23)25-20-31-29(36-21-32-33-28(25)36)30-19-24-7-6-18-40-24/h6-7,10-13,18,20-21H,2-5,8-9,14-17,19H2,1H3,(H,30,31). The molecule has 5 rings (SSSR count). The van der Waals surface area contributed by atoms with Gasteiger partial charge >= 0.3 is 5.97 Å². The first-order valence-corrected chi connectivity index (χ1v) is 13.8. The number of nitrogens with zero attached hydrogens (tertiary/aromatic N) is 6. The molecule has 0 unspecified atom stereocenters.